The van der Waals surface area contributed by atoms with Crippen molar-refractivity contribution in [3.05, 3.63) is 47.5 Å². The fourth-order valence-electron chi connectivity index (χ4n) is 10.8. The number of carboxylic acid groups (broad SMARTS) is 4. The smallest absolute Gasteiger partial charge is 0.475 e. The van der Waals surface area contributed by atoms with Crippen LogP contribution < -0.4 is 43.4 Å². The molecule has 2 aromatic rings. The average Bonchev–Trinajstić information content (AvgIpc) is 1.19. The molecule has 31 nitrogen and oxygen atoms in total. The summed E-state index contributed by atoms with van der Waals surface area (Å²) in [5, 5.41) is 75.3. The first-order valence-corrected chi connectivity index (χ1v) is 31.2. The van der Waals surface area contributed by atoms with E-state index in [1.807, 2.05) is 0 Å². The lowest BCUT2D eigenvalue weighted by molar-refractivity contribution is -0.142. The topological polar surface area (TPSA) is 462 Å². The molecular formula is C59H93BN14O17. The van der Waals surface area contributed by atoms with Crippen molar-refractivity contribution >= 4 is 89.1 Å². The van der Waals surface area contributed by atoms with Gasteiger partial charge in [0, 0.05) is 109 Å². The summed E-state index contributed by atoms with van der Waals surface area (Å²) in [7, 11) is -1.69. The molecule has 2 aromatic carbocycles. The summed E-state index contributed by atoms with van der Waals surface area (Å²) >= 11 is 0. The van der Waals surface area contributed by atoms with Gasteiger partial charge in [0.15, 0.2) is 5.96 Å². The second-order valence-electron chi connectivity index (χ2n) is 22.9. The number of nitrogens with two attached hydrogens (primary N) is 2. The standard InChI is InChI=1S/C59H93BN14O17/c1-40(57(87)74-27-13-18-47(74)60(90)91)67-55(85)44-22-21-43(41-14-6-7-15-42(41)44)54(84)64-24-9-3-10-25-65-56(86)45(17-12-26-66-59(61)62)68-48(75)19-4-2-5-20-49(76)69-46(58(88)89)16-8-11-23-63-50(77)36-70-28-30-71(37-51(78)79)32-34-73(39-53(82)83)35-33-72(31-29-70)38-52(80)81/h6-7,14-15,21-22,40,45-47,90-91H,2-5,8-13,16-20,23-39H2,1H3,(H,63,77)(H,64,84)(H,65,86)(H,67,85)(H,68,75)(H,69,76)(H,78,79)(H,80,81)(H,82,83)(H,88,89)(H4,61,62,66)/t40-,45+,46+,47+/m1/s1. The maximum Gasteiger partial charge on any atom is 0.475 e. The van der Waals surface area contributed by atoms with Gasteiger partial charge in [-0.1, -0.05) is 30.7 Å². The molecule has 2 heterocycles. The molecule has 0 radical (unpaired) electrons. The number of nitrogens with one attached hydrogen (secondary N) is 6. The van der Waals surface area contributed by atoms with E-state index in [9.17, 15) is 83.2 Å². The lowest BCUT2D eigenvalue weighted by atomic mass is 9.78. The summed E-state index contributed by atoms with van der Waals surface area (Å²) in [6.45, 7) is 3.89. The first-order valence-electron chi connectivity index (χ1n) is 31.2. The number of nitrogens with zero attached hydrogens (tertiary/aromatic N) is 6. The molecule has 2 saturated heterocycles. The Morgan fingerprint density at radius 3 is 1.51 bits per heavy atom. The first kappa shape index (κ1) is 75.4. The van der Waals surface area contributed by atoms with Crippen LogP contribution in [0.2, 0.25) is 0 Å². The lowest BCUT2D eigenvalue weighted by Gasteiger charge is -2.32. The molecule has 0 saturated carbocycles. The fraction of sp³-hybridized carbons (Fsp3) is 0.627. The Kier molecular flexibility index (Phi) is 33.7. The second-order valence-corrected chi connectivity index (χ2v) is 22.9. The maximum atomic E-state index is 13.4. The summed E-state index contributed by atoms with van der Waals surface area (Å²) in [5.41, 5.74) is 11.5. The number of aliphatic carboxylic acids is 4. The number of guanidine groups is 1. The van der Waals surface area contributed by atoms with Crippen LogP contribution in [0.4, 0.5) is 0 Å². The monoisotopic (exact) mass is 1280 g/mol. The van der Waals surface area contributed by atoms with Crippen LogP contribution in [0.25, 0.3) is 10.8 Å². The Morgan fingerprint density at radius 1 is 0.538 bits per heavy atom. The van der Waals surface area contributed by atoms with Crippen LogP contribution in [0.5, 0.6) is 0 Å². The van der Waals surface area contributed by atoms with Crippen molar-refractivity contribution in [1.29, 1.82) is 0 Å². The van der Waals surface area contributed by atoms with Gasteiger partial charge >= 0.3 is 31.0 Å². The number of carbonyl (C=O) groups excluding carboxylic acids is 7. The number of aliphatic imine (C=N–C) groups is 1. The van der Waals surface area contributed by atoms with Gasteiger partial charge in [0.2, 0.25) is 29.5 Å². The van der Waals surface area contributed by atoms with Gasteiger partial charge < -0.3 is 78.7 Å². The van der Waals surface area contributed by atoms with Crippen LogP contribution in [0.15, 0.2) is 41.4 Å². The molecule has 32 heteroatoms. The highest BCUT2D eigenvalue weighted by Crippen LogP contribution is 2.24. The summed E-state index contributed by atoms with van der Waals surface area (Å²) in [6.07, 6.45) is 5.54. The lowest BCUT2D eigenvalue weighted by Crippen LogP contribution is -2.52. The van der Waals surface area contributed by atoms with E-state index in [0.717, 1.165) is 0 Å². The Morgan fingerprint density at radius 2 is 1.00 bits per heavy atom. The minimum atomic E-state index is -1.69. The third kappa shape index (κ3) is 28.8. The van der Waals surface area contributed by atoms with Gasteiger partial charge in [0.25, 0.3) is 11.8 Å². The van der Waals surface area contributed by atoms with E-state index in [2.05, 4.69) is 36.9 Å². The number of likely N-dealkylation sites (tertiary alicyclic amines) is 1. The highest BCUT2D eigenvalue weighted by molar-refractivity contribution is 6.43. The van der Waals surface area contributed by atoms with Gasteiger partial charge in [0.1, 0.15) is 18.1 Å². The highest BCUT2D eigenvalue weighted by atomic mass is 16.4. The normalized spacial score (nSPS) is 16.4. The Hall–Kier alpha value is -8.04. The molecule has 16 N–H and O–H groups in total. The number of benzene rings is 2. The fourth-order valence-corrected chi connectivity index (χ4v) is 10.8. The minimum Gasteiger partial charge on any atom is -0.480 e. The summed E-state index contributed by atoms with van der Waals surface area (Å²) in [6, 6.07) is 6.96. The molecule has 91 heavy (non-hydrogen) atoms. The summed E-state index contributed by atoms with van der Waals surface area (Å²) < 4.78 is 0. The van der Waals surface area contributed by atoms with Crippen molar-refractivity contribution < 1.29 is 83.2 Å². The summed E-state index contributed by atoms with van der Waals surface area (Å²) in [4.78, 5) is 151. The van der Waals surface area contributed by atoms with E-state index in [0.29, 0.717) is 100 Å². The molecule has 0 bridgehead atoms. The number of rotatable bonds is 38. The van der Waals surface area contributed by atoms with E-state index in [4.69, 9.17) is 11.5 Å². The van der Waals surface area contributed by atoms with Crippen molar-refractivity contribution in [2.24, 2.45) is 16.5 Å². The average molecular weight is 1280 g/mol. The molecule has 0 aromatic heterocycles. The number of hydrogen-bond donors (Lipinski definition) is 14. The van der Waals surface area contributed by atoms with E-state index in [-0.39, 0.29) is 153 Å². The molecule has 0 unspecified atom stereocenters. The van der Waals surface area contributed by atoms with Crippen molar-refractivity contribution in [1.82, 2.24) is 56.4 Å². The highest BCUT2D eigenvalue weighted by Gasteiger charge is 2.39. The van der Waals surface area contributed by atoms with Crippen molar-refractivity contribution in [3.8, 4) is 0 Å². The van der Waals surface area contributed by atoms with Gasteiger partial charge in [-0.15, -0.1) is 0 Å². The molecular weight excluding hydrogens is 1190 g/mol. The zero-order valence-corrected chi connectivity index (χ0v) is 52.0. The van der Waals surface area contributed by atoms with E-state index >= 15 is 0 Å². The van der Waals surface area contributed by atoms with E-state index < -0.39 is 78.7 Å². The third-order valence-electron chi connectivity index (χ3n) is 15.6. The number of unbranched alkanes of at least 4 members (excludes halogenated alkanes) is 5. The van der Waals surface area contributed by atoms with Crippen LogP contribution in [0.3, 0.4) is 0 Å². The molecule has 7 amide bonds. The van der Waals surface area contributed by atoms with Gasteiger partial charge in [-0.25, -0.2) is 4.79 Å². The first-order chi connectivity index (χ1) is 43.4. The Balaban J connectivity index is 1.14. The van der Waals surface area contributed by atoms with Crippen LogP contribution in [0, 0.1) is 0 Å². The predicted molar refractivity (Wildman–Crippen MR) is 335 cm³/mol. The van der Waals surface area contributed by atoms with E-state index in [1.165, 1.54) is 17.9 Å². The molecule has 0 aliphatic carbocycles. The number of hydrogen-bond acceptors (Lipinski definition) is 18. The van der Waals surface area contributed by atoms with Crippen molar-refractivity contribution in [2.45, 2.75) is 127 Å². The second kappa shape index (κ2) is 40.7. The molecule has 504 valence electrons. The zero-order valence-electron chi connectivity index (χ0n) is 52.0. The molecule has 2 aliphatic rings. The quantitative estimate of drug-likeness (QED) is 0.0147. The van der Waals surface area contributed by atoms with Gasteiger partial charge in [0.05, 0.1) is 32.1 Å². The number of fused-ring (bicyclic) bond motifs is 1. The zero-order chi connectivity index (χ0) is 66.8. The van der Waals surface area contributed by atoms with E-state index in [1.54, 1.807) is 49.9 Å². The van der Waals surface area contributed by atoms with Crippen molar-refractivity contribution in [3.63, 3.8) is 0 Å². The van der Waals surface area contributed by atoms with Crippen LogP contribution in [-0.4, -0.2) is 269 Å². The maximum absolute atomic E-state index is 13.4. The number of carbonyl (C=O) groups is 11. The third-order valence-corrected chi connectivity index (χ3v) is 15.6. The molecule has 4 rings (SSSR count). The Bertz CT molecular complexity index is 2760. The molecule has 2 aliphatic heterocycles. The van der Waals surface area contributed by atoms with Gasteiger partial charge in [-0.05, 0) is 107 Å². The summed E-state index contributed by atoms with van der Waals surface area (Å²) in [5.74, 6) is -8.23. The van der Waals surface area contributed by atoms with Crippen LogP contribution in [0.1, 0.15) is 124 Å². The SMILES string of the molecule is C[C@@H](NC(=O)c1ccc(C(=O)NCCCCCNC(=O)[C@H](CCCN=C(N)N)NC(=O)CCCCCC(=O)N[C@@H](CCCCNC(=O)CN2CCN(CC(=O)O)CCN(CC(=O)O)CCN(CC(=O)O)CC2)C(=O)O)c2ccccc12)C(=O)N1CCC[C@H]1B(O)O. The minimum absolute atomic E-state index is 0.00557. The van der Waals surface area contributed by atoms with Crippen LogP contribution >= 0.6 is 0 Å². The molecule has 2 fully saturated rings. The number of amides is 7. The molecule has 4 atom stereocenters. The van der Waals surface area contributed by atoms with Crippen molar-refractivity contribution in [2.75, 3.05) is 111 Å². The van der Waals surface area contributed by atoms with Crippen LogP contribution in [-0.2, 0) is 43.2 Å². The largest absolute Gasteiger partial charge is 0.480 e. The van der Waals surface area contributed by atoms with Gasteiger partial charge in [-0.3, -0.25) is 72.5 Å². The van der Waals surface area contributed by atoms with Gasteiger partial charge in [-0.2, -0.15) is 0 Å². The predicted octanol–water partition coefficient (Wildman–Crippen LogP) is -2.20. The molecule has 0 spiro atoms. The number of carboxylic acids is 4. The Labute approximate surface area is 529 Å².